The van der Waals surface area contributed by atoms with E-state index in [0.29, 0.717) is 4.88 Å². The molecule has 41 heavy (non-hydrogen) atoms. The Kier molecular flexibility index (Phi) is 9.23. The minimum atomic E-state index is -1.38. The van der Waals surface area contributed by atoms with Crippen molar-refractivity contribution in [1.29, 1.82) is 0 Å². The van der Waals surface area contributed by atoms with E-state index < -0.39 is 58.5 Å². The van der Waals surface area contributed by atoms with E-state index >= 15 is 0 Å². The molecule has 0 bridgehead atoms. The number of hydrogen-bond acceptors (Lipinski definition) is 12. The van der Waals surface area contributed by atoms with Crippen molar-refractivity contribution in [2.75, 3.05) is 5.75 Å². The van der Waals surface area contributed by atoms with Crippen LogP contribution in [0, 0.1) is 0 Å². The van der Waals surface area contributed by atoms with Gasteiger partial charge in [-0.1, -0.05) is 11.8 Å². The van der Waals surface area contributed by atoms with Gasteiger partial charge in [0, 0.05) is 22.4 Å². The topological polar surface area (TPSA) is 217 Å². The maximum Gasteiger partial charge on any atom is 0.407 e. The SMILES string of the molecule is CC(C)(C)OC(=O)NCc1ccsc1CC(=O)NC1C(=O)N2C(C(=O)O)=C(C(CC(=O)O)Sc3nn[nH]n3)CS[C@@H]12. The summed E-state index contributed by atoms with van der Waals surface area (Å²) in [6.45, 7) is 5.41. The van der Waals surface area contributed by atoms with Gasteiger partial charge < -0.3 is 25.6 Å². The standard InChI is InChI=1S/C23H27N7O8S3/c1-23(2,3)38-22(37)24-8-10-4-5-39-12(10)6-14(31)25-16-18(34)30-17(20(35)36)11(9-40-19(16)30)13(7-15(32)33)41-21-26-28-29-27-21/h4-5,13,16,19H,6-9H2,1-3H3,(H,24,37)(H,25,31)(H,32,33)(H,35,36)(H,26,27,28,29)/t13?,16?,19-/m0/s1. The number of tetrazole rings is 1. The number of H-pyrrole nitrogens is 1. The van der Waals surface area contributed by atoms with Crippen molar-refractivity contribution in [2.24, 2.45) is 0 Å². The molecule has 3 atom stereocenters. The molecule has 4 heterocycles. The van der Waals surface area contributed by atoms with Gasteiger partial charge in [0.1, 0.15) is 22.7 Å². The number of nitrogens with zero attached hydrogens (tertiary/aromatic N) is 4. The molecule has 2 aromatic heterocycles. The third-order valence-electron chi connectivity index (χ3n) is 5.82. The molecule has 15 nitrogen and oxygen atoms in total. The van der Waals surface area contributed by atoms with E-state index in [4.69, 9.17) is 4.74 Å². The Morgan fingerprint density at radius 3 is 2.68 bits per heavy atom. The average Bonchev–Trinajstić information content (AvgIpc) is 3.55. The minimum absolute atomic E-state index is 0.0426. The number of thiophene rings is 1. The highest BCUT2D eigenvalue weighted by molar-refractivity contribution is 8.01. The second kappa shape index (κ2) is 12.5. The molecule has 18 heteroatoms. The predicted molar refractivity (Wildman–Crippen MR) is 147 cm³/mol. The lowest BCUT2D eigenvalue weighted by Crippen LogP contribution is -2.70. The molecule has 0 aromatic carbocycles. The normalized spacial score (nSPS) is 19.2. The number of aliphatic carboxylic acids is 2. The van der Waals surface area contributed by atoms with Crippen molar-refractivity contribution in [3.05, 3.63) is 33.2 Å². The summed E-state index contributed by atoms with van der Waals surface area (Å²) in [6, 6.07) is 0.832. The molecule has 2 aliphatic heterocycles. The highest BCUT2D eigenvalue weighted by Crippen LogP contribution is 2.44. The highest BCUT2D eigenvalue weighted by atomic mass is 32.2. The second-order valence-electron chi connectivity index (χ2n) is 9.93. The zero-order chi connectivity index (χ0) is 29.9. The van der Waals surface area contributed by atoms with Crippen LogP contribution in [0.25, 0.3) is 0 Å². The molecule has 0 radical (unpaired) electrons. The van der Waals surface area contributed by atoms with Crippen LogP contribution in [0.4, 0.5) is 4.79 Å². The number of alkyl carbamates (subject to hydrolysis) is 1. The maximum atomic E-state index is 13.1. The van der Waals surface area contributed by atoms with Crippen molar-refractivity contribution < 1.29 is 38.9 Å². The Labute approximate surface area is 245 Å². The second-order valence-corrected chi connectivity index (χ2v) is 13.2. The van der Waals surface area contributed by atoms with Gasteiger partial charge in [-0.25, -0.2) is 9.59 Å². The summed E-state index contributed by atoms with van der Waals surface area (Å²) in [4.78, 5) is 63.5. The van der Waals surface area contributed by atoms with Crippen LogP contribution < -0.4 is 10.6 Å². The van der Waals surface area contributed by atoms with Gasteiger partial charge in [0.15, 0.2) is 0 Å². The number of β-lactam (4-membered cyclic amide) rings is 1. The number of rotatable bonds is 11. The number of carbonyl (C=O) groups excluding carboxylic acids is 3. The number of aromatic amines is 1. The maximum absolute atomic E-state index is 13.1. The monoisotopic (exact) mass is 625 g/mol. The Balaban J connectivity index is 1.42. The summed E-state index contributed by atoms with van der Waals surface area (Å²) in [5, 5.41) is 38.4. The average molecular weight is 626 g/mol. The number of hydrogen-bond donors (Lipinski definition) is 5. The molecule has 2 unspecified atom stereocenters. The molecular weight excluding hydrogens is 598 g/mol. The van der Waals surface area contributed by atoms with Crippen LogP contribution in [0.15, 0.2) is 27.9 Å². The lowest BCUT2D eigenvalue weighted by atomic mass is 10.00. The Bertz CT molecular complexity index is 1370. The van der Waals surface area contributed by atoms with E-state index in [1.807, 2.05) is 0 Å². The van der Waals surface area contributed by atoms with Crippen molar-refractivity contribution in [1.82, 2.24) is 36.2 Å². The number of thioether (sulfide) groups is 2. The van der Waals surface area contributed by atoms with Crippen molar-refractivity contribution >= 4 is 64.7 Å². The first-order valence-electron chi connectivity index (χ1n) is 12.2. The molecule has 5 N–H and O–H groups in total. The van der Waals surface area contributed by atoms with Gasteiger partial charge in [-0.2, -0.15) is 5.21 Å². The molecule has 1 saturated heterocycles. The van der Waals surface area contributed by atoms with Crippen LogP contribution in [-0.2, 0) is 36.9 Å². The number of fused-ring (bicyclic) bond motifs is 1. The fraction of sp³-hybridized carbons (Fsp3) is 0.478. The molecular formula is C23H27N7O8S3. The van der Waals surface area contributed by atoms with E-state index in [-0.39, 0.29) is 35.1 Å². The lowest BCUT2D eigenvalue weighted by molar-refractivity contribution is -0.150. The van der Waals surface area contributed by atoms with Crippen molar-refractivity contribution in [2.45, 2.75) is 67.6 Å². The molecule has 220 valence electrons. The molecule has 0 spiro atoms. The summed E-state index contributed by atoms with van der Waals surface area (Å²) in [7, 11) is 0. The van der Waals surface area contributed by atoms with Crippen molar-refractivity contribution in [3.63, 3.8) is 0 Å². The highest BCUT2D eigenvalue weighted by Gasteiger charge is 2.55. The van der Waals surface area contributed by atoms with Crippen LogP contribution in [-0.4, -0.2) is 93.6 Å². The van der Waals surface area contributed by atoms with Gasteiger partial charge in [-0.15, -0.1) is 33.3 Å². The van der Waals surface area contributed by atoms with E-state index in [1.54, 1.807) is 32.2 Å². The first kappa shape index (κ1) is 30.3. The molecule has 2 aromatic rings. The Hall–Kier alpha value is -3.64. The molecule has 0 aliphatic carbocycles. The molecule has 0 saturated carbocycles. The number of carboxylic acids is 2. The van der Waals surface area contributed by atoms with E-state index in [0.717, 1.165) is 22.2 Å². The third-order valence-corrected chi connectivity index (χ3v) is 9.20. The van der Waals surface area contributed by atoms with Crippen LogP contribution in [0.3, 0.4) is 0 Å². The van der Waals surface area contributed by atoms with E-state index in [9.17, 15) is 34.2 Å². The molecule has 2 aliphatic rings. The van der Waals surface area contributed by atoms with Gasteiger partial charge in [0.25, 0.3) is 5.91 Å². The number of carboxylic acid groups (broad SMARTS) is 2. The molecule has 4 rings (SSSR count). The number of aromatic nitrogens is 4. The van der Waals surface area contributed by atoms with Gasteiger partial charge in [0.05, 0.1) is 12.8 Å². The van der Waals surface area contributed by atoms with Crippen LogP contribution in [0.1, 0.15) is 37.6 Å². The van der Waals surface area contributed by atoms with Crippen LogP contribution in [0.2, 0.25) is 0 Å². The number of nitrogens with one attached hydrogen (secondary N) is 3. The summed E-state index contributed by atoms with van der Waals surface area (Å²) < 4.78 is 5.23. The van der Waals surface area contributed by atoms with Crippen LogP contribution in [0.5, 0.6) is 0 Å². The summed E-state index contributed by atoms with van der Waals surface area (Å²) in [5.41, 5.74) is 0.0200. The summed E-state index contributed by atoms with van der Waals surface area (Å²) in [5.74, 6) is -3.47. The Morgan fingerprint density at radius 2 is 2.05 bits per heavy atom. The van der Waals surface area contributed by atoms with Gasteiger partial charge in [0.2, 0.25) is 11.1 Å². The molecule has 1 fully saturated rings. The van der Waals surface area contributed by atoms with Gasteiger partial charge in [-0.05, 0) is 48.6 Å². The molecule has 3 amide bonds. The lowest BCUT2D eigenvalue weighted by Gasteiger charge is -2.50. The van der Waals surface area contributed by atoms with Gasteiger partial charge >= 0.3 is 18.0 Å². The number of amides is 3. The smallest absolute Gasteiger partial charge is 0.407 e. The third kappa shape index (κ3) is 7.36. The first-order valence-corrected chi connectivity index (χ1v) is 15.0. The zero-order valence-electron chi connectivity index (χ0n) is 22.1. The van der Waals surface area contributed by atoms with E-state index in [2.05, 4.69) is 31.3 Å². The predicted octanol–water partition coefficient (Wildman–Crippen LogP) is 1.20. The zero-order valence-corrected chi connectivity index (χ0v) is 24.5. The van der Waals surface area contributed by atoms with Gasteiger partial charge in [-0.3, -0.25) is 19.3 Å². The van der Waals surface area contributed by atoms with Crippen LogP contribution >= 0.6 is 34.9 Å². The minimum Gasteiger partial charge on any atom is -0.481 e. The Morgan fingerprint density at radius 1 is 1.29 bits per heavy atom. The fourth-order valence-electron chi connectivity index (χ4n) is 4.15. The number of carbonyl (C=O) groups is 5. The summed E-state index contributed by atoms with van der Waals surface area (Å²) in [6.07, 6.45) is -1.06. The number of ether oxygens (including phenoxy) is 1. The quantitative estimate of drug-likeness (QED) is 0.175. The van der Waals surface area contributed by atoms with E-state index in [1.165, 1.54) is 23.1 Å². The first-order chi connectivity index (χ1) is 19.3. The summed E-state index contributed by atoms with van der Waals surface area (Å²) >= 11 is 3.49. The fourth-order valence-corrected chi connectivity index (χ4v) is 7.58. The largest absolute Gasteiger partial charge is 0.481 e. The van der Waals surface area contributed by atoms with Crippen molar-refractivity contribution in [3.8, 4) is 0 Å².